The van der Waals surface area contributed by atoms with Gasteiger partial charge in [-0.3, -0.25) is 9.78 Å². The Labute approximate surface area is 106 Å². The molecular formula is C13H18N2O3. The highest BCUT2D eigenvalue weighted by Crippen LogP contribution is 2.22. The van der Waals surface area contributed by atoms with E-state index in [1.165, 1.54) is 18.5 Å². The van der Waals surface area contributed by atoms with Crippen LogP contribution < -0.4 is 0 Å². The van der Waals surface area contributed by atoms with Crippen LogP contribution >= 0.6 is 0 Å². The predicted molar refractivity (Wildman–Crippen MR) is 66.3 cm³/mol. The molecule has 0 radical (unpaired) electrons. The van der Waals surface area contributed by atoms with E-state index in [4.69, 9.17) is 5.11 Å². The van der Waals surface area contributed by atoms with E-state index in [1.54, 1.807) is 4.90 Å². The molecule has 0 aromatic carbocycles. The van der Waals surface area contributed by atoms with Crippen molar-refractivity contribution in [2.45, 2.75) is 31.7 Å². The maximum Gasteiger partial charge on any atom is 0.255 e. The summed E-state index contributed by atoms with van der Waals surface area (Å²) in [6, 6.07) is 1.53. The molecule has 0 bridgehead atoms. The van der Waals surface area contributed by atoms with Crippen molar-refractivity contribution in [2.75, 3.05) is 13.2 Å². The standard InChI is InChI=1S/C13H18N2O3/c16-6-4-11-3-1-2-5-15(11)13(18)10-7-12(17)9-14-8-10/h7-9,11,16-17H,1-6H2. The number of nitrogens with zero attached hydrogens (tertiary/aromatic N) is 2. The molecule has 1 saturated heterocycles. The van der Waals surface area contributed by atoms with Gasteiger partial charge in [-0.2, -0.15) is 0 Å². The molecule has 0 saturated carbocycles. The van der Waals surface area contributed by atoms with Crippen LogP contribution in [0.5, 0.6) is 5.75 Å². The quantitative estimate of drug-likeness (QED) is 0.844. The third kappa shape index (κ3) is 2.79. The van der Waals surface area contributed by atoms with Gasteiger partial charge in [0.15, 0.2) is 0 Å². The number of amides is 1. The van der Waals surface area contributed by atoms with Gasteiger partial charge in [-0.05, 0) is 31.7 Å². The van der Waals surface area contributed by atoms with Gasteiger partial charge in [0.05, 0.1) is 11.8 Å². The molecule has 1 aromatic rings. The van der Waals surface area contributed by atoms with Crippen LogP contribution in [0.1, 0.15) is 36.0 Å². The average Bonchev–Trinajstić information content (AvgIpc) is 2.39. The number of aliphatic hydroxyl groups excluding tert-OH is 1. The summed E-state index contributed by atoms with van der Waals surface area (Å²) in [5, 5.41) is 18.4. The SMILES string of the molecule is O=C(c1cncc(O)c1)N1CCCCC1CCO. The average molecular weight is 250 g/mol. The number of carbonyl (C=O) groups excluding carboxylic acids is 1. The van der Waals surface area contributed by atoms with Crippen molar-refractivity contribution in [1.82, 2.24) is 9.88 Å². The van der Waals surface area contributed by atoms with Crippen molar-refractivity contribution in [3.8, 4) is 5.75 Å². The Bertz CT molecular complexity index is 420. The summed E-state index contributed by atoms with van der Waals surface area (Å²) in [4.78, 5) is 17.9. The number of likely N-dealkylation sites (tertiary alicyclic amines) is 1. The van der Waals surface area contributed by atoms with Crippen LogP contribution in [0.25, 0.3) is 0 Å². The number of pyridine rings is 1. The molecule has 2 heterocycles. The van der Waals surface area contributed by atoms with Crippen molar-refractivity contribution in [3.63, 3.8) is 0 Å². The minimum absolute atomic E-state index is 0.00318. The van der Waals surface area contributed by atoms with Gasteiger partial charge in [-0.15, -0.1) is 0 Å². The minimum Gasteiger partial charge on any atom is -0.506 e. The lowest BCUT2D eigenvalue weighted by atomic mass is 9.98. The monoisotopic (exact) mass is 250 g/mol. The maximum atomic E-state index is 12.3. The number of hydrogen-bond acceptors (Lipinski definition) is 4. The van der Waals surface area contributed by atoms with Crippen molar-refractivity contribution in [3.05, 3.63) is 24.0 Å². The van der Waals surface area contributed by atoms with Crippen LogP contribution in [0.4, 0.5) is 0 Å². The summed E-state index contributed by atoms with van der Waals surface area (Å²) in [7, 11) is 0. The molecule has 1 amide bonds. The van der Waals surface area contributed by atoms with Crippen molar-refractivity contribution >= 4 is 5.91 Å². The number of aromatic hydroxyl groups is 1. The number of aliphatic hydroxyl groups is 1. The Balaban J connectivity index is 2.15. The summed E-state index contributed by atoms with van der Waals surface area (Å²) in [6.45, 7) is 0.798. The van der Waals surface area contributed by atoms with Crippen LogP contribution in [0.15, 0.2) is 18.5 Å². The Morgan fingerprint density at radius 2 is 2.28 bits per heavy atom. The Kier molecular flexibility index (Phi) is 4.15. The highest BCUT2D eigenvalue weighted by molar-refractivity contribution is 5.94. The molecule has 1 aromatic heterocycles. The van der Waals surface area contributed by atoms with Gasteiger partial charge in [-0.25, -0.2) is 0 Å². The highest BCUT2D eigenvalue weighted by atomic mass is 16.3. The molecular weight excluding hydrogens is 232 g/mol. The molecule has 98 valence electrons. The molecule has 18 heavy (non-hydrogen) atoms. The number of hydrogen-bond donors (Lipinski definition) is 2. The first-order valence-electron chi connectivity index (χ1n) is 6.28. The number of rotatable bonds is 3. The van der Waals surface area contributed by atoms with Crippen molar-refractivity contribution < 1.29 is 15.0 Å². The Morgan fingerprint density at radius 1 is 1.44 bits per heavy atom. The first kappa shape index (κ1) is 12.8. The predicted octanol–water partition coefficient (Wildman–Crippen LogP) is 1.16. The first-order chi connectivity index (χ1) is 8.72. The molecule has 1 fully saturated rings. The lowest BCUT2D eigenvalue weighted by Crippen LogP contribution is -2.44. The fourth-order valence-electron chi connectivity index (χ4n) is 2.43. The van der Waals surface area contributed by atoms with Gasteiger partial charge in [0.1, 0.15) is 5.75 Å². The van der Waals surface area contributed by atoms with E-state index >= 15 is 0 Å². The lowest BCUT2D eigenvalue weighted by molar-refractivity contribution is 0.0574. The zero-order chi connectivity index (χ0) is 13.0. The largest absolute Gasteiger partial charge is 0.506 e. The van der Waals surface area contributed by atoms with E-state index in [0.717, 1.165) is 19.3 Å². The normalized spacial score (nSPS) is 19.8. The van der Waals surface area contributed by atoms with Gasteiger partial charge in [-0.1, -0.05) is 0 Å². The highest BCUT2D eigenvalue weighted by Gasteiger charge is 2.27. The van der Waals surface area contributed by atoms with Gasteiger partial charge >= 0.3 is 0 Å². The van der Waals surface area contributed by atoms with E-state index in [9.17, 15) is 9.90 Å². The topological polar surface area (TPSA) is 73.7 Å². The molecule has 2 N–H and O–H groups in total. The van der Waals surface area contributed by atoms with Crippen LogP contribution in [0.3, 0.4) is 0 Å². The van der Waals surface area contributed by atoms with Gasteiger partial charge in [0.2, 0.25) is 0 Å². The summed E-state index contributed by atoms with van der Waals surface area (Å²) >= 11 is 0. The summed E-state index contributed by atoms with van der Waals surface area (Å²) in [5.74, 6) is -0.117. The third-order valence-corrected chi connectivity index (χ3v) is 3.32. The molecule has 1 unspecified atom stereocenters. The molecule has 2 rings (SSSR count). The zero-order valence-corrected chi connectivity index (χ0v) is 10.2. The molecule has 1 atom stereocenters. The number of aromatic nitrogens is 1. The fraction of sp³-hybridized carbons (Fsp3) is 0.538. The van der Waals surface area contributed by atoms with E-state index in [0.29, 0.717) is 18.5 Å². The van der Waals surface area contributed by atoms with Gasteiger partial charge in [0.25, 0.3) is 5.91 Å². The smallest absolute Gasteiger partial charge is 0.255 e. The van der Waals surface area contributed by atoms with E-state index < -0.39 is 0 Å². The van der Waals surface area contributed by atoms with Crippen LogP contribution in [-0.4, -0.2) is 45.2 Å². The van der Waals surface area contributed by atoms with Gasteiger partial charge < -0.3 is 15.1 Å². The summed E-state index contributed by atoms with van der Waals surface area (Å²) in [6.07, 6.45) is 6.38. The van der Waals surface area contributed by atoms with Crippen LogP contribution in [0, 0.1) is 0 Å². The van der Waals surface area contributed by atoms with E-state index in [2.05, 4.69) is 4.98 Å². The van der Waals surface area contributed by atoms with Crippen molar-refractivity contribution in [2.24, 2.45) is 0 Å². The van der Waals surface area contributed by atoms with E-state index in [1.807, 2.05) is 0 Å². The van der Waals surface area contributed by atoms with Gasteiger partial charge in [0, 0.05) is 25.4 Å². The maximum absolute atomic E-state index is 12.3. The number of carbonyl (C=O) groups is 1. The molecule has 5 nitrogen and oxygen atoms in total. The lowest BCUT2D eigenvalue weighted by Gasteiger charge is -2.35. The second-order valence-electron chi connectivity index (χ2n) is 4.59. The van der Waals surface area contributed by atoms with Crippen LogP contribution in [0.2, 0.25) is 0 Å². The molecule has 0 spiro atoms. The second-order valence-corrected chi connectivity index (χ2v) is 4.59. The summed E-state index contributed by atoms with van der Waals surface area (Å²) < 4.78 is 0. The summed E-state index contributed by atoms with van der Waals surface area (Å²) in [5.41, 5.74) is 0.403. The van der Waals surface area contributed by atoms with Crippen LogP contribution in [-0.2, 0) is 0 Å². The zero-order valence-electron chi connectivity index (χ0n) is 10.2. The molecule has 1 aliphatic rings. The Morgan fingerprint density at radius 3 is 3.00 bits per heavy atom. The molecule has 1 aliphatic heterocycles. The van der Waals surface area contributed by atoms with Crippen molar-refractivity contribution in [1.29, 1.82) is 0 Å². The number of piperidine rings is 1. The second kappa shape index (κ2) is 5.82. The van der Waals surface area contributed by atoms with E-state index in [-0.39, 0.29) is 24.3 Å². The fourth-order valence-corrected chi connectivity index (χ4v) is 2.43. The Hall–Kier alpha value is -1.62. The molecule has 0 aliphatic carbocycles. The minimum atomic E-state index is -0.114. The first-order valence-corrected chi connectivity index (χ1v) is 6.28. The molecule has 5 heteroatoms. The third-order valence-electron chi connectivity index (χ3n) is 3.32.